The predicted molar refractivity (Wildman–Crippen MR) is 147 cm³/mol. The largest absolute Gasteiger partial charge is 0.286 e. The number of aromatic nitrogens is 5. The van der Waals surface area contributed by atoms with Gasteiger partial charge in [-0.1, -0.05) is 36.4 Å². The first-order valence-electron chi connectivity index (χ1n) is 12.3. The summed E-state index contributed by atoms with van der Waals surface area (Å²) in [5, 5.41) is 0. The van der Waals surface area contributed by atoms with Crippen LogP contribution in [0.3, 0.4) is 0 Å². The zero-order chi connectivity index (χ0) is 25.3. The van der Waals surface area contributed by atoms with Crippen LogP contribution in [-0.2, 0) is 19.6 Å². The number of rotatable bonds is 9. The minimum Gasteiger partial charge on any atom is -0.286 e. The minimum atomic E-state index is 0.689. The van der Waals surface area contributed by atoms with E-state index in [0.717, 1.165) is 45.3 Å². The molecular formula is C31H28N6. The molecule has 5 aromatic rings. The van der Waals surface area contributed by atoms with E-state index in [9.17, 15) is 0 Å². The van der Waals surface area contributed by atoms with Crippen molar-refractivity contribution < 1.29 is 0 Å². The maximum absolute atomic E-state index is 4.88. The summed E-state index contributed by atoms with van der Waals surface area (Å²) >= 11 is 0. The molecule has 182 valence electrons. The summed E-state index contributed by atoms with van der Waals surface area (Å²) in [5.74, 6) is 0. The molecule has 0 N–H and O–H groups in total. The molecule has 0 saturated carbocycles. The van der Waals surface area contributed by atoms with Crippen molar-refractivity contribution in [3.05, 3.63) is 138 Å². The molecule has 0 aliphatic rings. The summed E-state index contributed by atoms with van der Waals surface area (Å²) in [7, 11) is 0. The lowest BCUT2D eigenvalue weighted by molar-refractivity contribution is 0.239. The fourth-order valence-electron chi connectivity index (χ4n) is 3.97. The van der Waals surface area contributed by atoms with Crippen molar-refractivity contribution in [1.29, 1.82) is 0 Å². The summed E-state index contributed by atoms with van der Waals surface area (Å²) in [4.78, 5) is 25.2. The Morgan fingerprint density at radius 2 is 1.24 bits per heavy atom. The Hall–Kier alpha value is -4.55. The van der Waals surface area contributed by atoms with Crippen LogP contribution in [0.25, 0.3) is 23.5 Å². The standard InChI is InChI=1S/C31H28N6/c1-24-11-15-30(34-19-24)31-16-13-25(20-35-31)12-14-26-9-6-10-29(36-26)23-37(21-27-7-2-4-17-32-27)22-28-8-3-5-18-33-28/h2-20H,21-23H2,1H3/b14-12+. The van der Waals surface area contributed by atoms with Gasteiger partial charge in [-0.15, -0.1) is 0 Å². The molecule has 0 aromatic carbocycles. The van der Waals surface area contributed by atoms with E-state index in [0.29, 0.717) is 19.6 Å². The highest BCUT2D eigenvalue weighted by Gasteiger charge is 2.11. The Bertz CT molecular complexity index is 1390. The van der Waals surface area contributed by atoms with Crippen LogP contribution in [0.15, 0.2) is 104 Å². The average molecular weight is 485 g/mol. The third-order valence-corrected chi connectivity index (χ3v) is 5.84. The third kappa shape index (κ3) is 6.99. The summed E-state index contributed by atoms with van der Waals surface area (Å²) in [6.45, 7) is 4.15. The van der Waals surface area contributed by atoms with Crippen molar-refractivity contribution in [2.75, 3.05) is 0 Å². The lowest BCUT2D eigenvalue weighted by Crippen LogP contribution is -2.24. The highest BCUT2D eigenvalue weighted by molar-refractivity contribution is 5.68. The van der Waals surface area contributed by atoms with Crippen LogP contribution in [0.2, 0.25) is 0 Å². The van der Waals surface area contributed by atoms with E-state index < -0.39 is 0 Å². The number of hydrogen-bond acceptors (Lipinski definition) is 6. The molecule has 0 aliphatic carbocycles. The van der Waals surface area contributed by atoms with Crippen LogP contribution in [-0.4, -0.2) is 29.8 Å². The molecule has 37 heavy (non-hydrogen) atoms. The topological polar surface area (TPSA) is 67.7 Å². The van der Waals surface area contributed by atoms with E-state index in [-0.39, 0.29) is 0 Å². The lowest BCUT2D eigenvalue weighted by Gasteiger charge is -2.21. The maximum Gasteiger partial charge on any atom is 0.0886 e. The minimum absolute atomic E-state index is 0.689. The van der Waals surface area contributed by atoms with Crippen molar-refractivity contribution >= 4 is 12.2 Å². The summed E-state index contributed by atoms with van der Waals surface area (Å²) in [5.41, 5.74) is 7.81. The Labute approximate surface area is 217 Å². The Kier molecular flexibility index (Phi) is 7.79. The average Bonchev–Trinajstić information content (AvgIpc) is 2.94. The Morgan fingerprint density at radius 3 is 1.84 bits per heavy atom. The summed E-state index contributed by atoms with van der Waals surface area (Å²) in [6, 6.07) is 26.2. The van der Waals surface area contributed by atoms with Gasteiger partial charge in [0, 0.05) is 44.4 Å². The third-order valence-electron chi connectivity index (χ3n) is 5.84. The fourth-order valence-corrected chi connectivity index (χ4v) is 3.97. The van der Waals surface area contributed by atoms with Crippen LogP contribution in [0.5, 0.6) is 0 Å². The first kappa shape index (κ1) is 24.2. The molecule has 6 heteroatoms. The second kappa shape index (κ2) is 11.9. The van der Waals surface area contributed by atoms with Gasteiger partial charge >= 0.3 is 0 Å². The number of nitrogens with zero attached hydrogens (tertiary/aromatic N) is 6. The highest BCUT2D eigenvalue weighted by Crippen LogP contribution is 2.16. The smallest absolute Gasteiger partial charge is 0.0886 e. The molecule has 0 spiro atoms. The van der Waals surface area contributed by atoms with Crippen LogP contribution in [0, 0.1) is 6.92 Å². The van der Waals surface area contributed by atoms with E-state index in [1.165, 1.54) is 0 Å². The summed E-state index contributed by atoms with van der Waals surface area (Å²) < 4.78 is 0. The molecule has 0 amide bonds. The monoisotopic (exact) mass is 484 g/mol. The van der Waals surface area contributed by atoms with Crippen molar-refractivity contribution in [3.8, 4) is 11.4 Å². The molecule has 5 rings (SSSR count). The van der Waals surface area contributed by atoms with Crippen LogP contribution in [0.4, 0.5) is 0 Å². The first-order valence-corrected chi connectivity index (χ1v) is 12.3. The molecular weight excluding hydrogens is 456 g/mol. The SMILES string of the molecule is Cc1ccc(-c2ccc(/C=C/c3cccc(CN(Cc4ccccn4)Cc4ccccn4)n3)cn2)nc1. The molecule has 5 aromatic heterocycles. The normalized spacial score (nSPS) is 11.3. The van der Waals surface area contributed by atoms with Crippen molar-refractivity contribution in [2.45, 2.75) is 26.6 Å². The highest BCUT2D eigenvalue weighted by atomic mass is 15.1. The van der Waals surface area contributed by atoms with E-state index in [1.54, 1.807) is 0 Å². The van der Waals surface area contributed by atoms with Crippen LogP contribution >= 0.6 is 0 Å². The first-order chi connectivity index (χ1) is 18.2. The van der Waals surface area contributed by atoms with E-state index in [2.05, 4.69) is 30.9 Å². The molecule has 0 aliphatic heterocycles. The maximum atomic E-state index is 4.88. The molecule has 0 radical (unpaired) electrons. The van der Waals surface area contributed by atoms with Crippen LogP contribution in [0.1, 0.15) is 33.9 Å². The van der Waals surface area contributed by atoms with Crippen LogP contribution < -0.4 is 0 Å². The molecule has 0 saturated heterocycles. The van der Waals surface area contributed by atoms with Gasteiger partial charge in [0.05, 0.1) is 34.2 Å². The van der Waals surface area contributed by atoms with Crippen molar-refractivity contribution in [3.63, 3.8) is 0 Å². The molecule has 0 unspecified atom stereocenters. The summed E-state index contributed by atoms with van der Waals surface area (Å²) in [6.07, 6.45) is 11.4. The van der Waals surface area contributed by atoms with Gasteiger partial charge in [-0.3, -0.25) is 29.8 Å². The van der Waals surface area contributed by atoms with Gasteiger partial charge in [0.1, 0.15) is 0 Å². The van der Waals surface area contributed by atoms with E-state index in [4.69, 9.17) is 4.98 Å². The molecule has 5 heterocycles. The molecule has 0 atom stereocenters. The fraction of sp³-hybridized carbons (Fsp3) is 0.129. The second-order valence-corrected chi connectivity index (χ2v) is 8.87. The predicted octanol–water partition coefficient (Wildman–Crippen LogP) is 6.01. The molecule has 0 bridgehead atoms. The van der Waals surface area contributed by atoms with Gasteiger partial charge < -0.3 is 0 Å². The Morgan fingerprint density at radius 1 is 0.595 bits per heavy atom. The number of aryl methyl sites for hydroxylation is 1. The second-order valence-electron chi connectivity index (χ2n) is 8.87. The zero-order valence-electron chi connectivity index (χ0n) is 20.8. The van der Waals surface area contributed by atoms with Gasteiger partial charge in [0.2, 0.25) is 0 Å². The van der Waals surface area contributed by atoms with Gasteiger partial charge in [-0.2, -0.15) is 0 Å². The number of pyridine rings is 5. The van der Waals surface area contributed by atoms with E-state index in [1.807, 2.05) is 117 Å². The van der Waals surface area contributed by atoms with Gasteiger partial charge in [0.25, 0.3) is 0 Å². The molecule has 6 nitrogen and oxygen atoms in total. The zero-order valence-corrected chi connectivity index (χ0v) is 20.8. The van der Waals surface area contributed by atoms with Gasteiger partial charge in [-0.25, -0.2) is 0 Å². The van der Waals surface area contributed by atoms with Crippen molar-refractivity contribution in [1.82, 2.24) is 29.8 Å². The molecule has 0 fully saturated rings. The van der Waals surface area contributed by atoms with Crippen molar-refractivity contribution in [2.24, 2.45) is 0 Å². The number of hydrogen-bond donors (Lipinski definition) is 0. The quantitative estimate of drug-likeness (QED) is 0.255. The van der Waals surface area contributed by atoms with Gasteiger partial charge in [0.15, 0.2) is 0 Å². The lowest BCUT2D eigenvalue weighted by atomic mass is 10.1. The van der Waals surface area contributed by atoms with E-state index >= 15 is 0 Å². The Balaban J connectivity index is 1.28. The van der Waals surface area contributed by atoms with Gasteiger partial charge in [-0.05, 0) is 72.7 Å².